The van der Waals surface area contributed by atoms with Crippen molar-refractivity contribution in [1.82, 2.24) is 0 Å². The summed E-state index contributed by atoms with van der Waals surface area (Å²) >= 11 is 2.00. The summed E-state index contributed by atoms with van der Waals surface area (Å²) in [5.41, 5.74) is 1.86. The molecule has 1 aromatic carbocycles. The lowest BCUT2D eigenvalue weighted by Crippen LogP contribution is -2.44. The zero-order valence-corrected chi connectivity index (χ0v) is 11.7. The maximum atomic E-state index is 8.93. The molecule has 100 valence electrons. The molecule has 2 aliphatic rings. The van der Waals surface area contributed by atoms with Crippen LogP contribution in [-0.2, 0) is 4.74 Å². The third kappa shape index (κ3) is 2.88. The van der Waals surface area contributed by atoms with Crippen LogP contribution < -0.4 is 5.32 Å². The number of benzene rings is 1. The molecule has 1 N–H and O–H groups in total. The number of nitrogens with one attached hydrogen (secondary N) is 1. The second-order valence-electron chi connectivity index (χ2n) is 5.36. The van der Waals surface area contributed by atoms with Gasteiger partial charge in [0, 0.05) is 24.1 Å². The summed E-state index contributed by atoms with van der Waals surface area (Å²) in [6.45, 7) is 0.843. The fourth-order valence-electron chi connectivity index (χ4n) is 2.93. The molecule has 2 saturated heterocycles. The number of nitriles is 1. The monoisotopic (exact) mass is 274 g/mol. The fraction of sp³-hybridized carbons (Fsp3) is 0.533. The quantitative estimate of drug-likeness (QED) is 0.900. The molecule has 0 amide bonds. The molecule has 0 aromatic heterocycles. The Hall–Kier alpha value is -1.18. The number of hydrogen-bond acceptors (Lipinski definition) is 4. The third-order valence-corrected chi connectivity index (χ3v) is 5.15. The van der Waals surface area contributed by atoms with Gasteiger partial charge in [-0.1, -0.05) is 6.07 Å². The molecule has 0 saturated carbocycles. The topological polar surface area (TPSA) is 45.0 Å². The average molecular weight is 274 g/mol. The lowest BCUT2D eigenvalue weighted by atomic mass is 9.89. The van der Waals surface area contributed by atoms with Crippen molar-refractivity contribution in [2.45, 2.75) is 30.9 Å². The zero-order valence-electron chi connectivity index (χ0n) is 10.9. The van der Waals surface area contributed by atoms with Crippen molar-refractivity contribution >= 4 is 17.4 Å². The molecule has 1 spiro atoms. The summed E-state index contributed by atoms with van der Waals surface area (Å²) < 4.78 is 6.03. The molecule has 2 unspecified atom stereocenters. The average Bonchev–Trinajstić information content (AvgIpc) is 2.87. The molecule has 4 heteroatoms. The highest BCUT2D eigenvalue weighted by Crippen LogP contribution is 2.38. The van der Waals surface area contributed by atoms with Crippen molar-refractivity contribution in [3.8, 4) is 6.07 Å². The molecule has 2 atom stereocenters. The SMILES string of the molecule is N#Cc1cccc(NC2CCOC3(CCSC3)C2)c1. The van der Waals surface area contributed by atoms with Gasteiger partial charge in [0.25, 0.3) is 0 Å². The highest BCUT2D eigenvalue weighted by atomic mass is 32.2. The van der Waals surface area contributed by atoms with Crippen LogP contribution in [0.4, 0.5) is 5.69 Å². The maximum absolute atomic E-state index is 8.93. The molecule has 1 aromatic rings. The minimum atomic E-state index is 0.105. The molecule has 3 rings (SSSR count). The second kappa shape index (κ2) is 5.44. The predicted octanol–water partition coefficient (Wildman–Crippen LogP) is 3.02. The number of hydrogen-bond donors (Lipinski definition) is 1. The number of anilines is 1. The van der Waals surface area contributed by atoms with Crippen LogP contribution in [0.1, 0.15) is 24.8 Å². The summed E-state index contributed by atoms with van der Waals surface area (Å²) in [5.74, 6) is 2.35. The van der Waals surface area contributed by atoms with Crippen LogP contribution in [-0.4, -0.2) is 29.8 Å². The van der Waals surface area contributed by atoms with Gasteiger partial charge in [-0.25, -0.2) is 0 Å². The van der Waals surface area contributed by atoms with Crippen molar-refractivity contribution in [2.75, 3.05) is 23.4 Å². The van der Waals surface area contributed by atoms with Gasteiger partial charge in [0.1, 0.15) is 0 Å². The van der Waals surface area contributed by atoms with Gasteiger partial charge < -0.3 is 10.1 Å². The first kappa shape index (κ1) is 12.8. The first-order chi connectivity index (χ1) is 9.30. The van der Waals surface area contributed by atoms with E-state index in [2.05, 4.69) is 11.4 Å². The minimum Gasteiger partial charge on any atom is -0.382 e. The highest BCUT2D eigenvalue weighted by molar-refractivity contribution is 7.99. The van der Waals surface area contributed by atoms with Crippen LogP contribution in [0, 0.1) is 11.3 Å². The maximum Gasteiger partial charge on any atom is 0.0992 e. The van der Waals surface area contributed by atoms with E-state index in [0.717, 1.165) is 30.9 Å². The molecule has 0 radical (unpaired) electrons. The Morgan fingerprint density at radius 2 is 2.42 bits per heavy atom. The van der Waals surface area contributed by atoms with Crippen LogP contribution in [0.15, 0.2) is 24.3 Å². The van der Waals surface area contributed by atoms with E-state index in [0.29, 0.717) is 11.6 Å². The molecule has 19 heavy (non-hydrogen) atoms. The zero-order chi connectivity index (χ0) is 13.1. The number of nitrogens with zero attached hydrogens (tertiary/aromatic N) is 1. The summed E-state index contributed by atoms with van der Waals surface area (Å²) in [7, 11) is 0. The lowest BCUT2D eigenvalue weighted by Gasteiger charge is -2.38. The van der Waals surface area contributed by atoms with E-state index in [-0.39, 0.29) is 5.60 Å². The minimum absolute atomic E-state index is 0.105. The molecule has 0 aliphatic carbocycles. The van der Waals surface area contributed by atoms with Crippen LogP contribution in [0.5, 0.6) is 0 Å². The molecule has 3 nitrogen and oxygen atoms in total. The van der Waals surface area contributed by atoms with Crippen LogP contribution in [0.25, 0.3) is 0 Å². The standard InChI is InChI=1S/C15H18N2OS/c16-10-12-2-1-3-13(8-12)17-14-4-6-18-15(9-14)5-7-19-11-15/h1-3,8,14,17H,4-7,9,11H2. The van der Waals surface area contributed by atoms with Crippen molar-refractivity contribution < 1.29 is 4.74 Å². The third-order valence-electron chi connectivity index (χ3n) is 3.92. The van der Waals surface area contributed by atoms with E-state index in [1.165, 1.54) is 12.2 Å². The summed E-state index contributed by atoms with van der Waals surface area (Å²) in [4.78, 5) is 0. The predicted molar refractivity (Wildman–Crippen MR) is 78.4 cm³/mol. The van der Waals surface area contributed by atoms with E-state index in [1.807, 2.05) is 36.0 Å². The largest absolute Gasteiger partial charge is 0.382 e. The van der Waals surface area contributed by atoms with Crippen LogP contribution in [0.2, 0.25) is 0 Å². The Kier molecular flexibility index (Phi) is 3.67. The summed E-state index contributed by atoms with van der Waals surface area (Å²) in [6.07, 6.45) is 3.30. The summed E-state index contributed by atoms with van der Waals surface area (Å²) in [5, 5.41) is 12.5. The van der Waals surface area contributed by atoms with Gasteiger partial charge in [-0.3, -0.25) is 0 Å². The van der Waals surface area contributed by atoms with Crippen molar-refractivity contribution in [2.24, 2.45) is 0 Å². The van der Waals surface area contributed by atoms with Crippen LogP contribution in [0.3, 0.4) is 0 Å². The van der Waals surface area contributed by atoms with Gasteiger partial charge >= 0.3 is 0 Å². The van der Waals surface area contributed by atoms with Gasteiger partial charge in [-0.05, 0) is 43.2 Å². The van der Waals surface area contributed by atoms with Gasteiger partial charge in [0.05, 0.1) is 17.2 Å². The molecule has 0 bridgehead atoms. The fourth-order valence-corrected chi connectivity index (χ4v) is 4.31. The number of rotatable bonds is 2. The molecule has 2 heterocycles. The number of thioether (sulfide) groups is 1. The van der Waals surface area contributed by atoms with Gasteiger partial charge in [0.2, 0.25) is 0 Å². The summed E-state index contributed by atoms with van der Waals surface area (Å²) in [6, 6.07) is 10.4. The van der Waals surface area contributed by atoms with E-state index in [4.69, 9.17) is 10.00 Å². The van der Waals surface area contributed by atoms with E-state index >= 15 is 0 Å². The number of ether oxygens (including phenoxy) is 1. The lowest BCUT2D eigenvalue weighted by molar-refractivity contribution is -0.0628. The molecule has 2 fully saturated rings. The molecular formula is C15H18N2OS. The van der Waals surface area contributed by atoms with E-state index in [1.54, 1.807) is 0 Å². The highest BCUT2D eigenvalue weighted by Gasteiger charge is 2.40. The van der Waals surface area contributed by atoms with Crippen molar-refractivity contribution in [3.05, 3.63) is 29.8 Å². The van der Waals surface area contributed by atoms with E-state index in [9.17, 15) is 0 Å². The first-order valence-corrected chi connectivity index (χ1v) is 7.94. The first-order valence-electron chi connectivity index (χ1n) is 6.78. The van der Waals surface area contributed by atoms with Crippen LogP contribution >= 0.6 is 11.8 Å². The van der Waals surface area contributed by atoms with Crippen molar-refractivity contribution in [3.63, 3.8) is 0 Å². The Balaban J connectivity index is 1.67. The normalized spacial score (nSPS) is 30.2. The van der Waals surface area contributed by atoms with Gasteiger partial charge in [0.15, 0.2) is 0 Å². The van der Waals surface area contributed by atoms with Gasteiger partial charge in [-0.2, -0.15) is 17.0 Å². The van der Waals surface area contributed by atoms with Gasteiger partial charge in [-0.15, -0.1) is 0 Å². The Morgan fingerprint density at radius 1 is 1.47 bits per heavy atom. The van der Waals surface area contributed by atoms with E-state index < -0.39 is 0 Å². The molecular weight excluding hydrogens is 256 g/mol. The second-order valence-corrected chi connectivity index (χ2v) is 6.47. The Labute approximate surface area is 118 Å². The Morgan fingerprint density at radius 3 is 3.21 bits per heavy atom. The van der Waals surface area contributed by atoms with Crippen molar-refractivity contribution in [1.29, 1.82) is 5.26 Å². The molecule has 2 aliphatic heterocycles. The Bertz CT molecular complexity index is 491. The smallest absolute Gasteiger partial charge is 0.0992 e.